The lowest BCUT2D eigenvalue weighted by atomic mass is 10.1. The maximum atomic E-state index is 15.0. The average Bonchev–Trinajstić information content (AvgIpc) is 2.80. The largest absolute Gasteiger partial charge is 0.374 e. The van der Waals surface area contributed by atoms with Gasteiger partial charge in [-0.05, 0) is 50.9 Å². The van der Waals surface area contributed by atoms with Crippen molar-refractivity contribution in [2.24, 2.45) is 0 Å². The number of hydrogen-bond acceptors (Lipinski definition) is 5. The summed E-state index contributed by atoms with van der Waals surface area (Å²) in [5, 5.41) is 3.95. The maximum absolute atomic E-state index is 15.0. The zero-order chi connectivity index (χ0) is 22.8. The van der Waals surface area contributed by atoms with Crippen LogP contribution in [-0.2, 0) is 0 Å². The molecule has 4 aromatic heterocycles. The summed E-state index contributed by atoms with van der Waals surface area (Å²) in [5.41, 5.74) is 4.94. The van der Waals surface area contributed by atoms with Crippen LogP contribution in [0.25, 0.3) is 22.3 Å². The minimum atomic E-state index is -0.445. The minimum absolute atomic E-state index is 0.0803. The third kappa shape index (κ3) is 4.43. The van der Waals surface area contributed by atoms with Gasteiger partial charge in [0.15, 0.2) is 5.82 Å². The third-order valence-corrected chi connectivity index (χ3v) is 6.91. The summed E-state index contributed by atoms with van der Waals surface area (Å²) in [6.07, 6.45) is 4.22. The number of halogens is 2. The molecule has 0 saturated carbocycles. The lowest BCUT2D eigenvalue weighted by Crippen LogP contribution is -2.13. The van der Waals surface area contributed by atoms with Gasteiger partial charge in [-0.2, -0.15) is 0 Å². The number of aryl methyl sites for hydroxylation is 1. The van der Waals surface area contributed by atoms with Crippen molar-refractivity contribution in [1.29, 1.82) is 0 Å². The van der Waals surface area contributed by atoms with Crippen LogP contribution in [0.5, 0.6) is 0 Å². The van der Waals surface area contributed by atoms with Gasteiger partial charge in [-0.15, -0.1) is 0 Å². The molecule has 0 fully saturated rings. The van der Waals surface area contributed by atoms with Crippen molar-refractivity contribution in [3.8, 4) is 11.3 Å². The van der Waals surface area contributed by atoms with Gasteiger partial charge in [0.05, 0.1) is 39.1 Å². The molecule has 0 aromatic carbocycles. The highest BCUT2D eigenvalue weighted by atomic mass is 35.5. The molecule has 4 heterocycles. The topological polar surface area (TPSA) is 63.6 Å². The summed E-state index contributed by atoms with van der Waals surface area (Å²) in [7, 11) is -0.329. The Morgan fingerprint density at radius 2 is 1.94 bits per heavy atom. The summed E-state index contributed by atoms with van der Waals surface area (Å²) in [6, 6.07) is 10.9. The Morgan fingerprint density at radius 1 is 1.12 bits per heavy atom. The Morgan fingerprint density at radius 3 is 2.56 bits per heavy atom. The van der Waals surface area contributed by atoms with Crippen molar-refractivity contribution < 1.29 is 4.39 Å². The molecular weight excluding hydrogens is 444 g/mol. The van der Waals surface area contributed by atoms with E-state index < -0.39 is 5.82 Å². The molecule has 0 spiro atoms. The number of nitrogens with one attached hydrogen (secondary N) is 1. The van der Waals surface area contributed by atoms with E-state index in [2.05, 4.69) is 45.5 Å². The minimum Gasteiger partial charge on any atom is -0.374 e. The van der Waals surface area contributed by atoms with Crippen LogP contribution in [0.1, 0.15) is 30.8 Å². The quantitative estimate of drug-likeness (QED) is 0.346. The van der Waals surface area contributed by atoms with Crippen molar-refractivity contribution in [3.63, 3.8) is 0 Å². The van der Waals surface area contributed by atoms with Gasteiger partial charge in [-0.3, -0.25) is 9.97 Å². The van der Waals surface area contributed by atoms with Crippen LogP contribution >= 0.6 is 19.5 Å². The summed E-state index contributed by atoms with van der Waals surface area (Å²) in [5.74, 6) is -0.445. The molecule has 5 nitrogen and oxygen atoms in total. The van der Waals surface area contributed by atoms with Gasteiger partial charge in [0.25, 0.3) is 0 Å². The van der Waals surface area contributed by atoms with Crippen LogP contribution in [0.15, 0.2) is 48.8 Å². The Hall–Kier alpha value is -2.69. The molecular formula is C24H24ClFN5P. The first-order chi connectivity index (χ1) is 15.4. The zero-order valence-corrected chi connectivity index (χ0v) is 20.0. The number of nitrogens with zero attached hydrogens (tertiary/aromatic N) is 4. The lowest BCUT2D eigenvalue weighted by Gasteiger charge is -2.21. The number of pyridine rings is 4. The Kier molecular flexibility index (Phi) is 6.63. The predicted octanol–water partition coefficient (Wildman–Crippen LogP) is 6.12. The summed E-state index contributed by atoms with van der Waals surface area (Å²) >= 11 is 6.67. The molecule has 0 amide bonds. The van der Waals surface area contributed by atoms with Gasteiger partial charge in [-0.1, -0.05) is 32.5 Å². The van der Waals surface area contributed by atoms with Crippen molar-refractivity contribution in [2.75, 3.05) is 18.6 Å². The van der Waals surface area contributed by atoms with Crippen molar-refractivity contribution in [2.45, 2.75) is 26.3 Å². The first-order valence-corrected chi connectivity index (χ1v) is 13.0. The van der Waals surface area contributed by atoms with E-state index in [-0.39, 0.29) is 19.7 Å². The van der Waals surface area contributed by atoms with Gasteiger partial charge in [0, 0.05) is 24.0 Å². The van der Waals surface area contributed by atoms with E-state index >= 15 is 4.39 Å². The fourth-order valence-electron chi connectivity index (χ4n) is 3.53. The number of rotatable bonds is 6. The second-order valence-corrected chi connectivity index (χ2v) is 10.4. The number of aromatic nitrogens is 4. The highest BCUT2D eigenvalue weighted by Crippen LogP contribution is 2.36. The molecule has 32 heavy (non-hydrogen) atoms. The molecule has 4 rings (SSSR count). The fourth-order valence-corrected chi connectivity index (χ4v) is 4.38. The lowest BCUT2D eigenvalue weighted by molar-refractivity contribution is 0.628. The van der Waals surface area contributed by atoms with E-state index in [0.29, 0.717) is 33.0 Å². The highest BCUT2D eigenvalue weighted by molar-refractivity contribution is 7.63. The van der Waals surface area contributed by atoms with E-state index in [1.165, 1.54) is 6.07 Å². The van der Waals surface area contributed by atoms with E-state index in [0.717, 1.165) is 17.5 Å². The van der Waals surface area contributed by atoms with Crippen molar-refractivity contribution in [3.05, 3.63) is 71.0 Å². The molecule has 1 N–H and O–H groups in total. The fraction of sp³-hybridized carbons (Fsp3) is 0.250. The van der Waals surface area contributed by atoms with E-state index in [1.807, 2.05) is 30.3 Å². The average molecular weight is 468 g/mol. The molecule has 1 atom stereocenters. The van der Waals surface area contributed by atoms with E-state index in [1.54, 1.807) is 19.3 Å². The molecule has 1 unspecified atom stereocenters. The van der Waals surface area contributed by atoms with Crippen LogP contribution in [0.3, 0.4) is 0 Å². The second-order valence-electron chi connectivity index (χ2n) is 7.73. The smallest absolute Gasteiger partial charge is 0.151 e. The SMILES string of the molecule is CCC(Nc1c(Cl)c(C)nc2cc(F)c(-c3ccc(P(C)C)nc3)nc12)c1ccccn1. The monoisotopic (exact) mass is 467 g/mol. The van der Waals surface area contributed by atoms with Crippen molar-refractivity contribution >= 4 is 41.7 Å². The Labute approximate surface area is 193 Å². The number of hydrogen-bond donors (Lipinski definition) is 1. The molecule has 0 bridgehead atoms. The Bertz CT molecular complexity index is 1250. The molecule has 0 aliphatic carbocycles. The molecule has 0 aliphatic rings. The molecule has 0 radical (unpaired) electrons. The standard InChI is InChI=1S/C24H24ClFN5P/c1-5-17(18-8-6-7-11-27-18)30-24-21(25)14(2)29-19-12-16(26)22(31-23(19)24)15-9-10-20(28-13-15)32(3)4/h6-13,17H,5H2,1-4H3,(H,29,30). The third-order valence-electron chi connectivity index (χ3n) is 5.27. The molecule has 8 heteroatoms. The molecule has 164 valence electrons. The van der Waals surface area contributed by atoms with Crippen LogP contribution in [0, 0.1) is 12.7 Å². The van der Waals surface area contributed by atoms with Crippen LogP contribution in [-0.4, -0.2) is 33.3 Å². The van der Waals surface area contributed by atoms with Gasteiger partial charge < -0.3 is 5.32 Å². The highest BCUT2D eigenvalue weighted by Gasteiger charge is 2.20. The summed E-state index contributed by atoms with van der Waals surface area (Å²) in [4.78, 5) is 18.1. The van der Waals surface area contributed by atoms with Crippen LogP contribution in [0.2, 0.25) is 5.02 Å². The normalized spacial score (nSPS) is 12.3. The first kappa shape index (κ1) is 22.5. The van der Waals surface area contributed by atoms with Crippen molar-refractivity contribution in [1.82, 2.24) is 19.9 Å². The second kappa shape index (κ2) is 9.43. The van der Waals surface area contributed by atoms with Crippen LogP contribution < -0.4 is 10.8 Å². The molecule has 0 aliphatic heterocycles. The molecule has 4 aromatic rings. The van der Waals surface area contributed by atoms with Gasteiger partial charge in [0.2, 0.25) is 0 Å². The van der Waals surface area contributed by atoms with Gasteiger partial charge >= 0.3 is 0 Å². The van der Waals surface area contributed by atoms with Gasteiger partial charge in [-0.25, -0.2) is 14.4 Å². The summed E-state index contributed by atoms with van der Waals surface area (Å²) in [6.45, 7) is 8.13. The maximum Gasteiger partial charge on any atom is 0.151 e. The van der Waals surface area contributed by atoms with E-state index in [9.17, 15) is 0 Å². The Balaban J connectivity index is 1.85. The predicted molar refractivity (Wildman–Crippen MR) is 132 cm³/mol. The van der Waals surface area contributed by atoms with Crippen LogP contribution in [0.4, 0.5) is 10.1 Å². The number of fused-ring (bicyclic) bond motifs is 1. The first-order valence-electron chi connectivity index (χ1n) is 10.4. The summed E-state index contributed by atoms with van der Waals surface area (Å²) < 4.78 is 15.0. The van der Waals surface area contributed by atoms with E-state index in [4.69, 9.17) is 11.6 Å². The number of anilines is 1. The molecule has 0 saturated heterocycles. The van der Waals surface area contributed by atoms with Gasteiger partial charge in [0.1, 0.15) is 11.2 Å². The zero-order valence-electron chi connectivity index (χ0n) is 18.4.